The Morgan fingerprint density at radius 3 is 1.95 bits per heavy atom. The van der Waals surface area contributed by atoms with Gasteiger partial charge in [0.15, 0.2) is 0 Å². The number of hydrogen-bond donors (Lipinski definition) is 0. The van der Waals surface area contributed by atoms with Crippen LogP contribution in [0.3, 0.4) is 0 Å². The van der Waals surface area contributed by atoms with Crippen molar-refractivity contribution in [2.75, 3.05) is 33.7 Å². The molecule has 120 valence electrons. The summed E-state index contributed by atoms with van der Waals surface area (Å²) in [6, 6.07) is 0. The van der Waals surface area contributed by atoms with Crippen LogP contribution >= 0.6 is 0 Å². The van der Waals surface area contributed by atoms with Crippen molar-refractivity contribution < 1.29 is 4.84 Å². The highest BCUT2D eigenvalue weighted by molar-refractivity contribution is 4.72. The van der Waals surface area contributed by atoms with Gasteiger partial charge in [-0.1, -0.05) is 26.7 Å². The van der Waals surface area contributed by atoms with Gasteiger partial charge in [0.1, 0.15) is 0 Å². The molecule has 0 aliphatic carbocycles. The molecule has 1 fully saturated rings. The Morgan fingerprint density at radius 1 is 1.05 bits per heavy atom. The highest BCUT2D eigenvalue weighted by atomic mass is 16.8. The van der Waals surface area contributed by atoms with E-state index < -0.39 is 0 Å². The molecule has 5 nitrogen and oxygen atoms in total. The third-order valence-electron chi connectivity index (χ3n) is 3.68. The molecule has 0 aromatic carbocycles. The van der Waals surface area contributed by atoms with Gasteiger partial charge in [0.25, 0.3) is 0 Å². The Hall–Kier alpha value is -0.200. The minimum absolute atomic E-state index is 0.200. The van der Waals surface area contributed by atoms with Gasteiger partial charge in [0.05, 0.1) is 12.3 Å². The SMILES string of the molecule is CCCCN1C(C)N(CCCC)N1OC(C)CN(C)C. The van der Waals surface area contributed by atoms with Crippen LogP contribution in [0.25, 0.3) is 0 Å². The number of unbranched alkanes of at least 4 members (excludes halogenated alkanes) is 2. The molecule has 0 aromatic heterocycles. The lowest BCUT2D eigenvalue weighted by Gasteiger charge is -2.57. The van der Waals surface area contributed by atoms with Gasteiger partial charge in [-0.25, -0.2) is 0 Å². The lowest BCUT2D eigenvalue weighted by molar-refractivity contribution is -0.510. The second kappa shape index (κ2) is 8.95. The van der Waals surface area contributed by atoms with E-state index in [1.807, 2.05) is 5.28 Å². The van der Waals surface area contributed by atoms with Crippen molar-refractivity contribution in [2.24, 2.45) is 0 Å². The molecular formula is C15H34N4O. The van der Waals surface area contributed by atoms with Crippen molar-refractivity contribution in [1.29, 1.82) is 0 Å². The molecule has 0 saturated carbocycles. The number of hydrazine groups is 2. The van der Waals surface area contributed by atoms with Crippen LogP contribution < -0.4 is 0 Å². The fourth-order valence-electron chi connectivity index (χ4n) is 2.55. The van der Waals surface area contributed by atoms with Gasteiger partial charge in [-0.15, -0.1) is 0 Å². The third-order valence-corrected chi connectivity index (χ3v) is 3.68. The van der Waals surface area contributed by atoms with Gasteiger partial charge in [-0.3, -0.25) is 4.84 Å². The number of rotatable bonds is 10. The van der Waals surface area contributed by atoms with Crippen LogP contribution in [0.4, 0.5) is 0 Å². The predicted octanol–water partition coefficient (Wildman–Crippen LogP) is 2.56. The van der Waals surface area contributed by atoms with Gasteiger partial charge in [-0.2, -0.15) is 10.0 Å². The fourth-order valence-corrected chi connectivity index (χ4v) is 2.55. The van der Waals surface area contributed by atoms with Gasteiger partial charge in [0.2, 0.25) is 0 Å². The van der Waals surface area contributed by atoms with E-state index in [0.29, 0.717) is 6.17 Å². The molecule has 1 heterocycles. The van der Waals surface area contributed by atoms with Crippen LogP contribution in [0.1, 0.15) is 53.4 Å². The summed E-state index contributed by atoms with van der Waals surface area (Å²) in [4.78, 5) is 8.30. The predicted molar refractivity (Wildman–Crippen MR) is 83.6 cm³/mol. The first-order valence-electron chi connectivity index (χ1n) is 8.15. The maximum Gasteiger partial charge on any atom is 0.0937 e. The summed E-state index contributed by atoms with van der Waals surface area (Å²) in [6.07, 6.45) is 5.53. The van der Waals surface area contributed by atoms with E-state index in [9.17, 15) is 0 Å². The Kier molecular flexibility index (Phi) is 7.99. The van der Waals surface area contributed by atoms with Crippen molar-refractivity contribution in [1.82, 2.24) is 20.2 Å². The van der Waals surface area contributed by atoms with Gasteiger partial charge >= 0.3 is 0 Å². The molecule has 0 radical (unpaired) electrons. The summed E-state index contributed by atoms with van der Waals surface area (Å²) in [6.45, 7) is 12.0. The standard InChI is InChI=1S/C15H34N4O/c1-7-9-11-17-15(4)18(12-10-8-2)19(17)20-14(3)13-16(5)6/h14-15H,7-13H2,1-6H3. The molecule has 0 amide bonds. The second-order valence-corrected chi connectivity index (χ2v) is 6.10. The molecule has 0 bridgehead atoms. The minimum Gasteiger partial charge on any atom is -0.307 e. The van der Waals surface area contributed by atoms with Gasteiger partial charge in [0, 0.05) is 19.6 Å². The summed E-state index contributed by atoms with van der Waals surface area (Å²) in [5, 5.41) is 6.70. The van der Waals surface area contributed by atoms with Gasteiger partial charge < -0.3 is 4.90 Å². The molecule has 1 rings (SSSR count). The number of nitrogens with zero attached hydrogens (tertiary/aromatic N) is 4. The fraction of sp³-hybridized carbons (Fsp3) is 1.00. The van der Waals surface area contributed by atoms with E-state index >= 15 is 0 Å². The second-order valence-electron chi connectivity index (χ2n) is 6.10. The maximum atomic E-state index is 6.13. The van der Waals surface area contributed by atoms with Crippen LogP contribution in [-0.2, 0) is 4.84 Å². The van der Waals surface area contributed by atoms with Crippen molar-refractivity contribution in [3.8, 4) is 0 Å². The smallest absolute Gasteiger partial charge is 0.0937 e. The summed E-state index contributed by atoms with van der Waals surface area (Å²) >= 11 is 0. The molecule has 1 saturated heterocycles. The largest absolute Gasteiger partial charge is 0.307 e. The zero-order valence-electron chi connectivity index (χ0n) is 14.3. The summed E-state index contributed by atoms with van der Waals surface area (Å²) in [5.41, 5.74) is 0. The minimum atomic E-state index is 0.200. The van der Waals surface area contributed by atoms with Crippen molar-refractivity contribution >= 4 is 0 Å². The van der Waals surface area contributed by atoms with Crippen LogP contribution in [0.15, 0.2) is 0 Å². The molecule has 1 aliphatic heterocycles. The van der Waals surface area contributed by atoms with Crippen molar-refractivity contribution in [3.05, 3.63) is 0 Å². The van der Waals surface area contributed by atoms with Gasteiger partial charge in [-0.05, 0) is 46.1 Å². The average molecular weight is 286 g/mol. The third kappa shape index (κ3) is 4.97. The lowest BCUT2D eigenvalue weighted by atomic mass is 10.3. The summed E-state index contributed by atoms with van der Waals surface area (Å²) in [5.74, 6) is 0. The van der Waals surface area contributed by atoms with Crippen molar-refractivity contribution in [3.63, 3.8) is 0 Å². The molecule has 1 atom stereocenters. The molecule has 1 unspecified atom stereocenters. The first-order valence-corrected chi connectivity index (χ1v) is 8.15. The Morgan fingerprint density at radius 2 is 1.55 bits per heavy atom. The Balaban J connectivity index is 2.52. The molecular weight excluding hydrogens is 252 g/mol. The van der Waals surface area contributed by atoms with Crippen LogP contribution in [0.2, 0.25) is 0 Å². The highest BCUT2D eigenvalue weighted by Crippen LogP contribution is 2.27. The average Bonchev–Trinajstić information content (AvgIpc) is 2.38. The van der Waals surface area contributed by atoms with E-state index in [2.05, 4.69) is 56.7 Å². The number of hydrogen-bond acceptors (Lipinski definition) is 5. The molecule has 0 aromatic rings. The van der Waals surface area contributed by atoms with E-state index in [0.717, 1.165) is 19.6 Å². The topological polar surface area (TPSA) is 22.2 Å². The first kappa shape index (κ1) is 17.9. The molecule has 5 heteroatoms. The Labute approximate surface area is 125 Å². The van der Waals surface area contributed by atoms with E-state index in [1.165, 1.54) is 25.7 Å². The molecule has 0 N–H and O–H groups in total. The van der Waals surface area contributed by atoms with E-state index in [-0.39, 0.29) is 6.10 Å². The number of likely N-dealkylation sites (N-methyl/N-ethyl adjacent to an activating group) is 1. The Bertz CT molecular complexity index is 246. The summed E-state index contributed by atoms with van der Waals surface area (Å²) in [7, 11) is 4.17. The van der Waals surface area contributed by atoms with E-state index in [1.54, 1.807) is 0 Å². The monoisotopic (exact) mass is 286 g/mol. The zero-order chi connectivity index (χ0) is 15.1. The van der Waals surface area contributed by atoms with Crippen LogP contribution in [0.5, 0.6) is 0 Å². The highest BCUT2D eigenvalue weighted by Gasteiger charge is 2.42. The van der Waals surface area contributed by atoms with E-state index in [4.69, 9.17) is 4.84 Å². The lowest BCUT2D eigenvalue weighted by Crippen LogP contribution is -2.74. The molecule has 20 heavy (non-hydrogen) atoms. The molecule has 1 aliphatic rings. The molecule has 0 spiro atoms. The normalized spacial score (nSPS) is 20.6. The quantitative estimate of drug-likeness (QED) is 0.614. The van der Waals surface area contributed by atoms with Crippen LogP contribution in [-0.4, -0.2) is 66.2 Å². The maximum absolute atomic E-state index is 6.13. The first-order chi connectivity index (χ1) is 9.51. The van der Waals surface area contributed by atoms with Crippen LogP contribution in [0, 0.1) is 0 Å². The van der Waals surface area contributed by atoms with Crippen molar-refractivity contribution in [2.45, 2.75) is 65.6 Å². The summed E-state index contributed by atoms with van der Waals surface area (Å²) < 4.78 is 0. The zero-order valence-corrected chi connectivity index (χ0v) is 14.3.